The van der Waals surface area contributed by atoms with Crippen molar-refractivity contribution < 1.29 is 51.2 Å². The van der Waals surface area contributed by atoms with Crippen LogP contribution in [0.15, 0.2) is 12.7 Å². The van der Waals surface area contributed by atoms with Gasteiger partial charge in [-0.15, -0.1) is 0 Å². The molecule has 42 heavy (non-hydrogen) atoms. The molecule has 0 saturated carbocycles. The number of imidazole rings is 1. The molecule has 6 atom stereocenters. The number of carbonyl (C=O) groups is 2. The van der Waals surface area contributed by atoms with Crippen molar-refractivity contribution in [1.29, 1.82) is 0 Å². The molecule has 0 radical (unpaired) electrons. The maximum atomic E-state index is 15.5. The van der Waals surface area contributed by atoms with Crippen LogP contribution in [0.5, 0.6) is 0 Å². The van der Waals surface area contributed by atoms with E-state index in [-0.39, 0.29) is 17.0 Å². The fourth-order valence-corrected chi connectivity index (χ4v) is 5.84. The normalized spacial score (nSPS) is 25.6. The Balaban J connectivity index is 1.91. The lowest BCUT2D eigenvalue weighted by atomic mass is 9.98. The number of alkyl halides is 3. The molecule has 19 heteroatoms. The summed E-state index contributed by atoms with van der Waals surface area (Å²) in [6.45, 7) is 7.38. The number of halogens is 3. The van der Waals surface area contributed by atoms with E-state index in [1.807, 2.05) is 0 Å². The zero-order chi connectivity index (χ0) is 31.6. The Morgan fingerprint density at radius 3 is 2.14 bits per heavy atom. The zero-order valence-corrected chi connectivity index (χ0v) is 24.6. The number of carbonyl (C=O) groups excluding carboxylic acids is 2. The van der Waals surface area contributed by atoms with Gasteiger partial charge >= 0.3 is 19.6 Å². The van der Waals surface area contributed by atoms with Crippen molar-refractivity contribution in [2.24, 2.45) is 0 Å². The van der Waals surface area contributed by atoms with Gasteiger partial charge in [0.05, 0.1) is 25.1 Å². The first-order valence-electron chi connectivity index (χ1n) is 12.9. The lowest BCUT2D eigenvalue weighted by Crippen LogP contribution is -2.52. The van der Waals surface area contributed by atoms with Crippen LogP contribution in [0, 0.1) is 0 Å². The third-order valence-electron chi connectivity index (χ3n) is 6.04. The van der Waals surface area contributed by atoms with Crippen LogP contribution in [-0.4, -0.2) is 91.8 Å². The molecule has 3 heterocycles. The molecular formula is C23H35F3N7O8P. The van der Waals surface area contributed by atoms with Crippen LogP contribution in [0.25, 0.3) is 11.2 Å². The number of anilines is 1. The lowest BCUT2D eigenvalue weighted by molar-refractivity contribution is -0.181. The van der Waals surface area contributed by atoms with Crippen LogP contribution in [0.4, 0.5) is 19.0 Å². The molecule has 15 nitrogen and oxygen atoms in total. The number of nitrogens with zero attached hydrogens (tertiary/aromatic N) is 4. The van der Waals surface area contributed by atoms with Gasteiger partial charge in [0.1, 0.15) is 30.0 Å². The minimum absolute atomic E-state index is 0.0336. The van der Waals surface area contributed by atoms with Crippen molar-refractivity contribution in [3.05, 3.63) is 12.7 Å². The van der Waals surface area contributed by atoms with Gasteiger partial charge in [0.15, 0.2) is 29.5 Å². The Morgan fingerprint density at radius 2 is 1.64 bits per heavy atom. The number of aliphatic hydroxyl groups excluding tert-OH is 1. The number of aliphatic hydroxyl groups is 1. The molecule has 2 aromatic heterocycles. The molecule has 0 spiro atoms. The van der Waals surface area contributed by atoms with Gasteiger partial charge in [-0.3, -0.25) is 18.7 Å². The number of hydrogen-bond acceptors (Lipinski definition) is 12. The molecule has 236 valence electrons. The smallest absolute Gasteiger partial charge is 0.342 e. The van der Waals surface area contributed by atoms with E-state index in [1.54, 1.807) is 27.7 Å². The van der Waals surface area contributed by atoms with Crippen molar-refractivity contribution >= 4 is 36.6 Å². The second-order valence-corrected chi connectivity index (χ2v) is 12.1. The van der Waals surface area contributed by atoms with Crippen LogP contribution in [0.1, 0.15) is 47.8 Å². The number of esters is 2. The van der Waals surface area contributed by atoms with E-state index in [9.17, 15) is 28.0 Å². The Labute approximate surface area is 239 Å². The van der Waals surface area contributed by atoms with Crippen LogP contribution in [0.2, 0.25) is 0 Å². The maximum absolute atomic E-state index is 15.5. The molecule has 1 saturated heterocycles. The van der Waals surface area contributed by atoms with E-state index in [4.69, 9.17) is 24.5 Å². The highest BCUT2D eigenvalue weighted by molar-refractivity contribution is 7.54. The van der Waals surface area contributed by atoms with E-state index >= 15 is 4.39 Å². The number of nitrogens with two attached hydrogens (primary N) is 1. The van der Waals surface area contributed by atoms with Crippen LogP contribution < -0.4 is 15.9 Å². The predicted molar refractivity (Wildman–Crippen MR) is 141 cm³/mol. The summed E-state index contributed by atoms with van der Waals surface area (Å²) in [5.74, 6) is -1.80. The fraction of sp³-hybridized carbons (Fsp3) is 0.696. The molecule has 3 rings (SSSR count). The van der Waals surface area contributed by atoms with Gasteiger partial charge in [-0.2, -0.15) is 0 Å². The van der Waals surface area contributed by atoms with Crippen molar-refractivity contribution in [3.8, 4) is 0 Å². The quantitative estimate of drug-likeness (QED) is 0.185. The van der Waals surface area contributed by atoms with Gasteiger partial charge in [-0.05, 0) is 41.5 Å². The SMILES string of the molecule is CC(C)OC(=O)C(C)NP(=O)(NC(C)C(=O)OC(C)C)OCC1(C(F)F)OC(n2cnc3c(N)ncnc32)C(O)C1F. The molecule has 5 N–H and O–H groups in total. The Kier molecular flexibility index (Phi) is 10.5. The number of fused-ring (bicyclic) bond motifs is 1. The molecule has 1 fully saturated rings. The summed E-state index contributed by atoms with van der Waals surface area (Å²) in [6, 6.07) is -2.68. The summed E-state index contributed by atoms with van der Waals surface area (Å²) in [5, 5.41) is 15.3. The summed E-state index contributed by atoms with van der Waals surface area (Å²) in [4.78, 5) is 36.4. The van der Waals surface area contributed by atoms with Gasteiger partial charge in [0.25, 0.3) is 6.43 Å². The summed E-state index contributed by atoms with van der Waals surface area (Å²) in [6.07, 6.45) is -9.35. The monoisotopic (exact) mass is 625 g/mol. The molecule has 6 unspecified atom stereocenters. The number of hydrogen-bond donors (Lipinski definition) is 4. The summed E-state index contributed by atoms with van der Waals surface area (Å²) in [5.41, 5.74) is 2.60. The van der Waals surface area contributed by atoms with E-state index in [0.29, 0.717) is 0 Å². The van der Waals surface area contributed by atoms with E-state index in [0.717, 1.165) is 17.2 Å². The molecule has 1 aliphatic rings. The van der Waals surface area contributed by atoms with E-state index in [2.05, 4.69) is 25.1 Å². The average Bonchev–Trinajstić information content (AvgIpc) is 3.42. The summed E-state index contributed by atoms with van der Waals surface area (Å²) in [7, 11) is -4.65. The van der Waals surface area contributed by atoms with Crippen molar-refractivity contribution in [2.75, 3.05) is 12.3 Å². The fourth-order valence-electron chi connectivity index (χ4n) is 4.01. The first-order valence-corrected chi connectivity index (χ1v) is 14.6. The van der Waals surface area contributed by atoms with Crippen molar-refractivity contribution in [3.63, 3.8) is 0 Å². The Hall–Kier alpha value is -2.89. The molecule has 2 aromatic rings. The van der Waals surface area contributed by atoms with Crippen LogP contribution in [-0.2, 0) is 32.9 Å². The van der Waals surface area contributed by atoms with Gasteiger partial charge in [-0.25, -0.2) is 38.3 Å². The largest absolute Gasteiger partial charge is 0.462 e. The Morgan fingerprint density at radius 1 is 1.10 bits per heavy atom. The molecule has 0 aliphatic carbocycles. The van der Waals surface area contributed by atoms with Gasteiger partial charge < -0.3 is 29.6 Å². The highest BCUT2D eigenvalue weighted by atomic mass is 31.2. The second-order valence-electron chi connectivity index (χ2n) is 10.2. The van der Waals surface area contributed by atoms with E-state index in [1.165, 1.54) is 13.8 Å². The molecule has 0 amide bonds. The number of aromatic nitrogens is 4. The van der Waals surface area contributed by atoms with Crippen molar-refractivity contribution in [1.82, 2.24) is 29.7 Å². The third kappa shape index (κ3) is 7.18. The average molecular weight is 626 g/mol. The zero-order valence-electron chi connectivity index (χ0n) is 23.7. The number of nitrogens with one attached hydrogen (secondary N) is 2. The Bertz CT molecular complexity index is 1280. The summed E-state index contributed by atoms with van der Waals surface area (Å²) < 4.78 is 80.3. The maximum Gasteiger partial charge on any atom is 0.342 e. The van der Waals surface area contributed by atoms with Crippen LogP contribution >= 0.6 is 7.67 Å². The first kappa shape index (κ1) is 33.6. The first-order chi connectivity index (χ1) is 19.5. The number of nitrogen functional groups attached to an aromatic ring is 1. The third-order valence-corrected chi connectivity index (χ3v) is 7.99. The minimum atomic E-state index is -4.65. The summed E-state index contributed by atoms with van der Waals surface area (Å²) >= 11 is 0. The lowest BCUT2D eigenvalue weighted by Gasteiger charge is -2.33. The molecule has 0 aromatic carbocycles. The molecular weight excluding hydrogens is 590 g/mol. The van der Waals surface area contributed by atoms with Crippen LogP contribution in [0.3, 0.4) is 0 Å². The second kappa shape index (κ2) is 13.2. The number of rotatable bonds is 13. The molecule has 1 aliphatic heterocycles. The van der Waals surface area contributed by atoms with Gasteiger partial charge in [0.2, 0.25) is 0 Å². The van der Waals surface area contributed by atoms with Gasteiger partial charge in [0, 0.05) is 0 Å². The topological polar surface area (TPSA) is 202 Å². The standard InChI is InChI=1S/C23H35F3N7O8P/c1-10(2)39-20(35)12(5)31-42(37,32-13(6)21(36)40-11(3)4)38-7-23(22(25)26)16(24)15(34)19(41-23)33-9-30-14-17(27)28-8-29-18(14)33/h8-13,15-16,19,22,34H,7H2,1-6H3,(H2,27,28,29)(H2,31,32,37). The highest BCUT2D eigenvalue weighted by Gasteiger charge is 2.63. The number of ether oxygens (including phenoxy) is 3. The highest BCUT2D eigenvalue weighted by Crippen LogP contribution is 2.48. The van der Waals surface area contributed by atoms with E-state index < -0.39 is 81.0 Å². The predicted octanol–water partition coefficient (Wildman–Crippen LogP) is 1.62. The van der Waals surface area contributed by atoms with Crippen molar-refractivity contribution in [2.45, 2.75) is 96.4 Å². The molecule has 0 bridgehead atoms. The van der Waals surface area contributed by atoms with Gasteiger partial charge in [-0.1, -0.05) is 0 Å². The minimum Gasteiger partial charge on any atom is -0.462 e.